The van der Waals surface area contributed by atoms with E-state index in [0.717, 1.165) is 34.8 Å². The molecule has 0 atom stereocenters. The minimum absolute atomic E-state index is 0.0829. The molecule has 0 aliphatic carbocycles. The molecular formula is C16H19BrN2O. The van der Waals surface area contributed by atoms with Crippen molar-refractivity contribution >= 4 is 32.7 Å². The molecule has 0 aliphatic heterocycles. The molecule has 20 heavy (non-hydrogen) atoms. The summed E-state index contributed by atoms with van der Waals surface area (Å²) in [6.07, 6.45) is 2.66. The molecule has 0 saturated carbocycles. The second kappa shape index (κ2) is 6.84. The molecule has 2 rings (SSSR count). The van der Waals surface area contributed by atoms with Crippen LogP contribution in [0.3, 0.4) is 0 Å². The van der Waals surface area contributed by atoms with Gasteiger partial charge in [-0.05, 0) is 32.4 Å². The van der Waals surface area contributed by atoms with E-state index in [1.165, 1.54) is 0 Å². The van der Waals surface area contributed by atoms with Gasteiger partial charge in [0.2, 0.25) is 0 Å². The number of rotatable bonds is 5. The quantitative estimate of drug-likeness (QED) is 0.777. The number of halogens is 1. The highest BCUT2D eigenvalue weighted by molar-refractivity contribution is 9.09. The van der Waals surface area contributed by atoms with E-state index in [2.05, 4.69) is 34.8 Å². The Hall–Kier alpha value is -1.42. The summed E-state index contributed by atoms with van der Waals surface area (Å²) in [5, 5.41) is 1.82. The zero-order valence-electron chi connectivity index (χ0n) is 11.8. The molecular weight excluding hydrogens is 316 g/mol. The first-order chi connectivity index (χ1) is 9.65. The van der Waals surface area contributed by atoms with Gasteiger partial charge in [0.15, 0.2) is 0 Å². The highest BCUT2D eigenvalue weighted by Crippen LogP contribution is 2.19. The molecule has 0 N–H and O–H groups in total. The standard InChI is InChI=1S/C16H19BrN2O/c1-12(2)19(11-5-9-17)16(20)14-8-10-18-15-7-4-3-6-13(14)15/h3-4,6-8,10,12H,5,9,11H2,1-2H3. The molecule has 0 aliphatic rings. The maximum Gasteiger partial charge on any atom is 0.254 e. The smallest absolute Gasteiger partial charge is 0.254 e. The van der Waals surface area contributed by atoms with Gasteiger partial charge in [-0.25, -0.2) is 0 Å². The summed E-state index contributed by atoms with van der Waals surface area (Å²) in [4.78, 5) is 19.0. The third-order valence-electron chi connectivity index (χ3n) is 3.30. The van der Waals surface area contributed by atoms with Gasteiger partial charge >= 0.3 is 0 Å². The van der Waals surface area contributed by atoms with Gasteiger partial charge in [0.05, 0.1) is 11.1 Å². The highest BCUT2D eigenvalue weighted by Gasteiger charge is 2.20. The average molecular weight is 335 g/mol. The monoisotopic (exact) mass is 334 g/mol. The van der Waals surface area contributed by atoms with E-state index in [4.69, 9.17) is 0 Å². The summed E-state index contributed by atoms with van der Waals surface area (Å²) >= 11 is 3.42. The average Bonchev–Trinajstić information content (AvgIpc) is 2.46. The molecule has 0 radical (unpaired) electrons. The zero-order chi connectivity index (χ0) is 14.5. The first-order valence-electron chi connectivity index (χ1n) is 6.86. The number of nitrogens with zero attached hydrogens (tertiary/aromatic N) is 2. The SMILES string of the molecule is CC(C)N(CCCBr)C(=O)c1ccnc2ccccc12. The van der Waals surface area contributed by atoms with Crippen LogP contribution in [0.2, 0.25) is 0 Å². The van der Waals surface area contributed by atoms with Crippen LogP contribution in [0.1, 0.15) is 30.6 Å². The summed E-state index contributed by atoms with van der Waals surface area (Å²) in [7, 11) is 0. The summed E-state index contributed by atoms with van der Waals surface area (Å²) in [5.74, 6) is 0.0829. The van der Waals surface area contributed by atoms with Crippen molar-refractivity contribution in [1.29, 1.82) is 0 Å². The van der Waals surface area contributed by atoms with Crippen molar-refractivity contribution in [3.63, 3.8) is 0 Å². The number of alkyl halides is 1. The Morgan fingerprint density at radius 1 is 1.30 bits per heavy atom. The molecule has 0 fully saturated rings. The summed E-state index contributed by atoms with van der Waals surface area (Å²) in [5.41, 5.74) is 1.60. The largest absolute Gasteiger partial charge is 0.336 e. The van der Waals surface area contributed by atoms with E-state index in [0.29, 0.717) is 0 Å². The van der Waals surface area contributed by atoms with E-state index in [1.54, 1.807) is 6.20 Å². The van der Waals surface area contributed by atoms with Crippen LogP contribution >= 0.6 is 15.9 Å². The van der Waals surface area contributed by atoms with Crippen molar-refractivity contribution in [2.24, 2.45) is 0 Å². The van der Waals surface area contributed by atoms with Crippen LogP contribution in [-0.4, -0.2) is 33.7 Å². The molecule has 0 spiro atoms. The van der Waals surface area contributed by atoms with Crippen LogP contribution in [0.15, 0.2) is 36.5 Å². The first kappa shape index (κ1) is 15.0. The molecule has 0 bridgehead atoms. The number of fused-ring (bicyclic) bond motifs is 1. The Balaban J connectivity index is 2.38. The van der Waals surface area contributed by atoms with E-state index < -0.39 is 0 Å². The van der Waals surface area contributed by atoms with Gasteiger partial charge in [0, 0.05) is 29.5 Å². The molecule has 106 valence electrons. The van der Waals surface area contributed by atoms with Gasteiger partial charge in [-0.1, -0.05) is 34.1 Å². The first-order valence-corrected chi connectivity index (χ1v) is 7.98. The number of para-hydroxylation sites is 1. The maximum absolute atomic E-state index is 12.8. The molecule has 4 heteroatoms. The molecule has 1 amide bonds. The second-order valence-corrected chi connectivity index (χ2v) is 5.80. The number of aromatic nitrogens is 1. The van der Waals surface area contributed by atoms with Gasteiger partial charge in [-0.2, -0.15) is 0 Å². The van der Waals surface area contributed by atoms with E-state index >= 15 is 0 Å². The van der Waals surface area contributed by atoms with Crippen LogP contribution in [0.25, 0.3) is 10.9 Å². The van der Waals surface area contributed by atoms with Crippen molar-refractivity contribution in [1.82, 2.24) is 9.88 Å². The minimum atomic E-state index is 0.0829. The van der Waals surface area contributed by atoms with Gasteiger partial charge in [0.25, 0.3) is 5.91 Å². The molecule has 0 unspecified atom stereocenters. The third-order valence-corrected chi connectivity index (χ3v) is 3.86. The van der Waals surface area contributed by atoms with E-state index in [1.807, 2.05) is 35.2 Å². The number of hydrogen-bond acceptors (Lipinski definition) is 2. The zero-order valence-corrected chi connectivity index (χ0v) is 13.4. The van der Waals surface area contributed by atoms with Gasteiger partial charge in [-0.3, -0.25) is 9.78 Å². The number of carbonyl (C=O) groups excluding carboxylic acids is 1. The predicted octanol–water partition coefficient (Wildman–Crippen LogP) is 3.87. The number of benzene rings is 1. The van der Waals surface area contributed by atoms with Crippen molar-refractivity contribution in [2.75, 3.05) is 11.9 Å². The lowest BCUT2D eigenvalue weighted by molar-refractivity contribution is 0.0708. The minimum Gasteiger partial charge on any atom is -0.336 e. The van der Waals surface area contributed by atoms with E-state index in [9.17, 15) is 4.79 Å². The van der Waals surface area contributed by atoms with Gasteiger partial charge < -0.3 is 4.90 Å². The van der Waals surface area contributed by atoms with Crippen molar-refractivity contribution in [2.45, 2.75) is 26.3 Å². The number of carbonyl (C=O) groups is 1. The number of hydrogen-bond donors (Lipinski definition) is 0. The summed E-state index contributed by atoms with van der Waals surface area (Å²) in [6.45, 7) is 4.86. The Kier molecular flexibility index (Phi) is 5.12. The van der Waals surface area contributed by atoms with Crippen LogP contribution < -0.4 is 0 Å². The topological polar surface area (TPSA) is 33.2 Å². The molecule has 1 aromatic heterocycles. The molecule has 3 nitrogen and oxygen atoms in total. The van der Waals surface area contributed by atoms with Crippen LogP contribution in [0, 0.1) is 0 Å². The highest BCUT2D eigenvalue weighted by atomic mass is 79.9. The number of pyridine rings is 1. The Bertz CT molecular complexity index is 593. The maximum atomic E-state index is 12.8. The Morgan fingerprint density at radius 3 is 2.75 bits per heavy atom. The molecule has 2 aromatic rings. The Labute approximate surface area is 128 Å². The van der Waals surface area contributed by atoms with Gasteiger partial charge in [-0.15, -0.1) is 0 Å². The van der Waals surface area contributed by atoms with Crippen LogP contribution in [-0.2, 0) is 0 Å². The fourth-order valence-corrected chi connectivity index (χ4v) is 2.51. The lowest BCUT2D eigenvalue weighted by Gasteiger charge is -2.27. The summed E-state index contributed by atoms with van der Waals surface area (Å²) in [6, 6.07) is 9.78. The van der Waals surface area contributed by atoms with Crippen molar-refractivity contribution in [3.05, 3.63) is 42.1 Å². The second-order valence-electron chi connectivity index (χ2n) is 5.01. The number of amides is 1. The van der Waals surface area contributed by atoms with Crippen LogP contribution in [0.4, 0.5) is 0 Å². The fraction of sp³-hybridized carbons (Fsp3) is 0.375. The lowest BCUT2D eigenvalue weighted by Crippen LogP contribution is -2.38. The molecule has 1 heterocycles. The van der Waals surface area contributed by atoms with Crippen molar-refractivity contribution in [3.8, 4) is 0 Å². The molecule has 0 saturated heterocycles. The van der Waals surface area contributed by atoms with E-state index in [-0.39, 0.29) is 11.9 Å². The Morgan fingerprint density at radius 2 is 2.05 bits per heavy atom. The molecule has 1 aromatic carbocycles. The summed E-state index contributed by atoms with van der Waals surface area (Å²) < 4.78 is 0. The van der Waals surface area contributed by atoms with Gasteiger partial charge in [0.1, 0.15) is 0 Å². The predicted molar refractivity (Wildman–Crippen MR) is 86.3 cm³/mol. The third kappa shape index (κ3) is 3.18. The normalized spacial score (nSPS) is 11.0. The van der Waals surface area contributed by atoms with Crippen molar-refractivity contribution < 1.29 is 4.79 Å². The fourth-order valence-electron chi connectivity index (χ4n) is 2.26. The van der Waals surface area contributed by atoms with Crippen LogP contribution in [0.5, 0.6) is 0 Å². The lowest BCUT2D eigenvalue weighted by atomic mass is 10.1.